The Kier molecular flexibility index (Phi) is 6.01. The monoisotopic (exact) mass is 314 g/mol. The summed E-state index contributed by atoms with van der Waals surface area (Å²) in [4.78, 5) is 0. The quantitative estimate of drug-likeness (QED) is 0.592. The normalized spacial score (nSPS) is 10.5. The van der Waals surface area contributed by atoms with Gasteiger partial charge in [0, 0.05) is 11.9 Å². The molecule has 1 rings (SSSR count). The van der Waals surface area contributed by atoms with Crippen LogP contribution in [0.4, 0.5) is 8.78 Å². The fourth-order valence-electron chi connectivity index (χ4n) is 1.03. The average Bonchev–Trinajstić information content (AvgIpc) is 2.20. The highest BCUT2D eigenvalue weighted by Crippen LogP contribution is 2.29. The summed E-state index contributed by atoms with van der Waals surface area (Å²) >= 11 is 8.40. The Morgan fingerprint density at radius 2 is 1.94 bits per heavy atom. The lowest BCUT2D eigenvalue weighted by Gasteiger charge is -2.09. The van der Waals surface area contributed by atoms with Crippen LogP contribution in [0.2, 0.25) is 0 Å². The molecule has 0 unspecified atom stereocenters. The first-order valence-corrected chi connectivity index (χ1v) is 5.89. The lowest BCUT2D eigenvalue weighted by Crippen LogP contribution is -2.09. The summed E-state index contributed by atoms with van der Waals surface area (Å²) in [5.41, 5.74) is 0. The smallest absolute Gasteiger partial charge is 0.169 e. The highest BCUT2D eigenvalue weighted by atomic mass is 79.9. The second-order valence-electron chi connectivity index (χ2n) is 2.85. The second-order valence-corrected chi connectivity index (χ2v) is 4.08. The molecule has 0 atom stereocenters. The van der Waals surface area contributed by atoms with Crippen LogP contribution >= 0.6 is 27.5 Å². The second kappa shape index (κ2) is 7.04. The number of hydrogen-bond donors (Lipinski definition) is 0. The highest BCUT2D eigenvalue weighted by molar-refractivity contribution is 9.10. The van der Waals surface area contributed by atoms with Crippen LogP contribution in [0.5, 0.6) is 5.75 Å². The predicted molar refractivity (Wildman–Crippen MR) is 61.1 cm³/mol. The molecule has 1 aromatic rings. The molecule has 1 aromatic carbocycles. The maximum Gasteiger partial charge on any atom is 0.169 e. The lowest BCUT2D eigenvalue weighted by molar-refractivity contribution is 0.109. The molecule has 0 bridgehead atoms. The van der Waals surface area contributed by atoms with Crippen molar-refractivity contribution in [2.24, 2.45) is 0 Å². The molecule has 0 amide bonds. The van der Waals surface area contributed by atoms with Gasteiger partial charge in [0.2, 0.25) is 0 Å². The summed E-state index contributed by atoms with van der Waals surface area (Å²) in [6.45, 7) is 0.895. The van der Waals surface area contributed by atoms with Crippen LogP contribution in [0.15, 0.2) is 16.6 Å². The number of benzene rings is 1. The van der Waals surface area contributed by atoms with Crippen molar-refractivity contribution >= 4 is 27.5 Å². The maximum atomic E-state index is 13.2. The Morgan fingerprint density at radius 1 is 1.19 bits per heavy atom. The summed E-state index contributed by atoms with van der Waals surface area (Å²) in [5, 5.41) is 0. The minimum atomic E-state index is -0.746. The van der Waals surface area contributed by atoms with Crippen molar-refractivity contribution in [3.05, 3.63) is 28.2 Å². The number of alkyl halides is 1. The van der Waals surface area contributed by atoms with Gasteiger partial charge in [-0.15, -0.1) is 11.6 Å². The molecule has 0 aliphatic heterocycles. The van der Waals surface area contributed by atoms with E-state index in [1.165, 1.54) is 0 Å². The van der Waals surface area contributed by atoms with E-state index >= 15 is 0 Å². The Labute approximate surface area is 106 Å². The third-order valence-electron chi connectivity index (χ3n) is 1.66. The summed E-state index contributed by atoms with van der Waals surface area (Å²) in [6, 6.07) is 1.90. The minimum Gasteiger partial charge on any atom is -0.487 e. The summed E-state index contributed by atoms with van der Waals surface area (Å²) < 4.78 is 36.4. The van der Waals surface area contributed by atoms with Crippen LogP contribution in [0.1, 0.15) is 0 Å². The summed E-state index contributed by atoms with van der Waals surface area (Å²) in [7, 11) is 0. The minimum absolute atomic E-state index is 0.0177. The van der Waals surface area contributed by atoms with E-state index in [-0.39, 0.29) is 16.8 Å². The molecule has 0 saturated carbocycles. The van der Waals surface area contributed by atoms with E-state index in [0.717, 1.165) is 12.1 Å². The SMILES string of the molecule is Fc1cc(F)c(OCCOCCCl)c(Br)c1. The Hall–Kier alpha value is -0.390. The molecule has 0 aromatic heterocycles. The zero-order valence-electron chi connectivity index (χ0n) is 8.31. The van der Waals surface area contributed by atoms with Gasteiger partial charge in [0.05, 0.1) is 17.7 Å². The molecule has 0 spiro atoms. The van der Waals surface area contributed by atoms with Crippen LogP contribution in [0.25, 0.3) is 0 Å². The molecule has 0 radical (unpaired) electrons. The molecular formula is C10H10BrClF2O2. The van der Waals surface area contributed by atoms with Crippen molar-refractivity contribution in [1.82, 2.24) is 0 Å². The maximum absolute atomic E-state index is 13.2. The van der Waals surface area contributed by atoms with E-state index in [0.29, 0.717) is 19.1 Å². The van der Waals surface area contributed by atoms with E-state index in [9.17, 15) is 8.78 Å². The first-order valence-electron chi connectivity index (χ1n) is 4.56. The molecular weight excluding hydrogens is 305 g/mol. The molecule has 0 saturated heterocycles. The van der Waals surface area contributed by atoms with E-state index in [4.69, 9.17) is 21.1 Å². The Bertz CT molecular complexity index is 327. The molecule has 2 nitrogen and oxygen atoms in total. The van der Waals surface area contributed by atoms with Gasteiger partial charge in [-0.25, -0.2) is 8.78 Å². The number of hydrogen-bond acceptors (Lipinski definition) is 2. The first kappa shape index (κ1) is 13.7. The molecule has 6 heteroatoms. The van der Waals surface area contributed by atoms with E-state index in [1.54, 1.807) is 0 Å². The first-order chi connectivity index (χ1) is 7.65. The van der Waals surface area contributed by atoms with Gasteiger partial charge < -0.3 is 9.47 Å². The average molecular weight is 316 g/mol. The van der Waals surface area contributed by atoms with Gasteiger partial charge in [0.15, 0.2) is 11.6 Å². The lowest BCUT2D eigenvalue weighted by atomic mass is 10.3. The van der Waals surface area contributed by atoms with Gasteiger partial charge in [0.25, 0.3) is 0 Å². The van der Waals surface area contributed by atoms with Gasteiger partial charge in [0.1, 0.15) is 12.4 Å². The van der Waals surface area contributed by atoms with Gasteiger partial charge >= 0.3 is 0 Å². The standard InChI is InChI=1S/C10H10BrClF2O2/c11-8-5-7(13)6-9(14)10(8)16-4-3-15-2-1-12/h5-6H,1-4H2. The van der Waals surface area contributed by atoms with Gasteiger partial charge in [-0.3, -0.25) is 0 Å². The van der Waals surface area contributed by atoms with Crippen LogP contribution in [-0.2, 0) is 4.74 Å². The van der Waals surface area contributed by atoms with Crippen LogP contribution in [0, 0.1) is 11.6 Å². The molecule has 0 aliphatic carbocycles. The third kappa shape index (κ3) is 4.23. The Morgan fingerprint density at radius 3 is 2.56 bits per heavy atom. The third-order valence-corrected chi connectivity index (χ3v) is 2.40. The Balaban J connectivity index is 2.47. The fraction of sp³-hybridized carbons (Fsp3) is 0.400. The predicted octanol–water partition coefficient (Wildman–Crippen LogP) is 3.36. The van der Waals surface area contributed by atoms with E-state index in [2.05, 4.69) is 15.9 Å². The largest absolute Gasteiger partial charge is 0.487 e. The van der Waals surface area contributed by atoms with Gasteiger partial charge in [-0.1, -0.05) is 0 Å². The van der Waals surface area contributed by atoms with E-state index < -0.39 is 11.6 Å². The van der Waals surface area contributed by atoms with Crippen LogP contribution < -0.4 is 4.74 Å². The molecule has 0 N–H and O–H groups in total. The highest BCUT2D eigenvalue weighted by Gasteiger charge is 2.10. The van der Waals surface area contributed by atoms with Crippen molar-refractivity contribution in [3.8, 4) is 5.75 Å². The fourth-order valence-corrected chi connectivity index (χ4v) is 1.66. The summed E-state index contributed by atoms with van der Waals surface area (Å²) in [6.07, 6.45) is 0. The van der Waals surface area contributed by atoms with Crippen molar-refractivity contribution in [1.29, 1.82) is 0 Å². The van der Waals surface area contributed by atoms with Gasteiger partial charge in [-0.2, -0.15) is 0 Å². The molecule has 16 heavy (non-hydrogen) atoms. The van der Waals surface area contributed by atoms with Gasteiger partial charge in [-0.05, 0) is 22.0 Å². The van der Waals surface area contributed by atoms with Crippen molar-refractivity contribution in [3.63, 3.8) is 0 Å². The van der Waals surface area contributed by atoms with Crippen LogP contribution in [-0.4, -0.2) is 25.7 Å². The molecule has 0 aliphatic rings. The zero-order chi connectivity index (χ0) is 12.0. The van der Waals surface area contributed by atoms with E-state index in [1.807, 2.05) is 0 Å². The van der Waals surface area contributed by atoms with Crippen molar-refractivity contribution in [2.75, 3.05) is 25.7 Å². The zero-order valence-corrected chi connectivity index (χ0v) is 10.7. The number of rotatable bonds is 6. The molecule has 0 fully saturated rings. The number of ether oxygens (including phenoxy) is 2. The molecule has 90 valence electrons. The molecule has 0 heterocycles. The van der Waals surface area contributed by atoms with Crippen molar-refractivity contribution in [2.45, 2.75) is 0 Å². The topological polar surface area (TPSA) is 18.5 Å². The summed E-state index contributed by atoms with van der Waals surface area (Å²) in [5.74, 6) is -1.02. The van der Waals surface area contributed by atoms with Crippen molar-refractivity contribution < 1.29 is 18.3 Å². The number of halogens is 4. The van der Waals surface area contributed by atoms with Crippen LogP contribution in [0.3, 0.4) is 0 Å².